The van der Waals surface area contributed by atoms with E-state index in [0.29, 0.717) is 12.5 Å². The number of nitrogens with one attached hydrogen (secondary N) is 2. The van der Waals surface area contributed by atoms with E-state index in [9.17, 15) is 9.59 Å². The van der Waals surface area contributed by atoms with E-state index in [4.69, 9.17) is 0 Å². The predicted octanol–water partition coefficient (Wildman–Crippen LogP) is 1.00. The normalized spacial score (nSPS) is 15.0. The largest absolute Gasteiger partial charge is 0.352 e. The third kappa shape index (κ3) is 2.09. The molecule has 2 rings (SSSR count). The van der Waals surface area contributed by atoms with Crippen molar-refractivity contribution >= 4 is 5.91 Å². The highest BCUT2D eigenvalue weighted by Crippen LogP contribution is 2.38. The Balaban J connectivity index is 2.26. The van der Waals surface area contributed by atoms with Gasteiger partial charge in [0.15, 0.2) is 0 Å². The van der Waals surface area contributed by atoms with Crippen molar-refractivity contribution in [2.24, 2.45) is 0 Å². The molecule has 1 amide bonds. The number of aromatic nitrogens is 1. The lowest BCUT2D eigenvalue weighted by atomic mass is 10.2. The van der Waals surface area contributed by atoms with E-state index in [2.05, 4.69) is 10.3 Å². The van der Waals surface area contributed by atoms with Crippen LogP contribution in [0.4, 0.5) is 0 Å². The summed E-state index contributed by atoms with van der Waals surface area (Å²) in [5.74, 6) is 0.196. The van der Waals surface area contributed by atoms with E-state index in [1.54, 1.807) is 6.07 Å². The summed E-state index contributed by atoms with van der Waals surface area (Å²) in [6.45, 7) is 2.35. The van der Waals surface area contributed by atoms with Gasteiger partial charge in [-0.15, -0.1) is 0 Å². The highest BCUT2D eigenvalue weighted by Gasteiger charge is 2.25. The summed E-state index contributed by atoms with van der Waals surface area (Å²) < 4.78 is 0. The number of H-pyrrole nitrogens is 1. The zero-order valence-corrected chi connectivity index (χ0v) is 8.67. The first kappa shape index (κ1) is 9.96. The number of pyridine rings is 1. The summed E-state index contributed by atoms with van der Waals surface area (Å²) in [6, 6.07) is 3.45. The van der Waals surface area contributed by atoms with Gasteiger partial charge in [0.2, 0.25) is 0 Å². The summed E-state index contributed by atoms with van der Waals surface area (Å²) >= 11 is 0. The topological polar surface area (TPSA) is 62.0 Å². The second kappa shape index (κ2) is 3.88. The van der Waals surface area contributed by atoms with Crippen LogP contribution in [-0.2, 0) is 0 Å². The fourth-order valence-corrected chi connectivity index (χ4v) is 1.56. The predicted molar refractivity (Wildman–Crippen MR) is 57.0 cm³/mol. The monoisotopic (exact) mass is 206 g/mol. The lowest BCUT2D eigenvalue weighted by Crippen LogP contribution is -2.29. The first-order chi connectivity index (χ1) is 7.22. The Kier molecular flexibility index (Phi) is 2.58. The molecule has 0 spiro atoms. The minimum atomic E-state index is -0.305. The lowest BCUT2D eigenvalue weighted by Gasteiger charge is -2.02. The van der Waals surface area contributed by atoms with E-state index in [-0.39, 0.29) is 17.0 Å². The maximum absolute atomic E-state index is 11.6. The molecule has 1 aliphatic rings. The van der Waals surface area contributed by atoms with E-state index in [1.807, 2.05) is 13.0 Å². The minimum Gasteiger partial charge on any atom is -0.352 e. The van der Waals surface area contributed by atoms with Crippen molar-refractivity contribution in [3.63, 3.8) is 0 Å². The van der Waals surface area contributed by atoms with Gasteiger partial charge in [-0.1, -0.05) is 0 Å². The zero-order valence-electron chi connectivity index (χ0n) is 8.67. The SMILES string of the molecule is CCNC(=O)c1ccc(C2CC2)[nH]c1=O. The Morgan fingerprint density at radius 2 is 2.27 bits per heavy atom. The van der Waals surface area contributed by atoms with E-state index in [0.717, 1.165) is 18.5 Å². The maximum atomic E-state index is 11.6. The summed E-state index contributed by atoms with van der Waals surface area (Å²) in [5.41, 5.74) is 0.861. The van der Waals surface area contributed by atoms with Gasteiger partial charge in [-0.2, -0.15) is 0 Å². The first-order valence-electron chi connectivity index (χ1n) is 5.23. The van der Waals surface area contributed by atoms with Gasteiger partial charge in [0, 0.05) is 12.2 Å². The Hall–Kier alpha value is -1.58. The van der Waals surface area contributed by atoms with Crippen LogP contribution in [0.1, 0.15) is 41.7 Å². The molecule has 15 heavy (non-hydrogen) atoms. The maximum Gasteiger partial charge on any atom is 0.261 e. The van der Waals surface area contributed by atoms with E-state index in [1.165, 1.54) is 0 Å². The second-order valence-corrected chi connectivity index (χ2v) is 3.79. The Morgan fingerprint density at radius 3 is 2.80 bits per heavy atom. The molecule has 80 valence electrons. The van der Waals surface area contributed by atoms with Gasteiger partial charge in [-0.3, -0.25) is 9.59 Å². The molecule has 1 aromatic heterocycles. The third-order valence-corrected chi connectivity index (χ3v) is 2.53. The van der Waals surface area contributed by atoms with Crippen LogP contribution in [0.15, 0.2) is 16.9 Å². The highest BCUT2D eigenvalue weighted by molar-refractivity contribution is 5.93. The van der Waals surface area contributed by atoms with Gasteiger partial charge in [0.25, 0.3) is 11.5 Å². The van der Waals surface area contributed by atoms with Crippen molar-refractivity contribution in [3.05, 3.63) is 33.7 Å². The van der Waals surface area contributed by atoms with Gasteiger partial charge in [-0.25, -0.2) is 0 Å². The van der Waals surface area contributed by atoms with Crippen molar-refractivity contribution < 1.29 is 4.79 Å². The molecule has 0 bridgehead atoms. The quantitative estimate of drug-likeness (QED) is 0.775. The molecule has 0 unspecified atom stereocenters. The van der Waals surface area contributed by atoms with Crippen molar-refractivity contribution in [2.75, 3.05) is 6.54 Å². The molecule has 1 fully saturated rings. The van der Waals surface area contributed by atoms with Crippen LogP contribution in [0.2, 0.25) is 0 Å². The van der Waals surface area contributed by atoms with Gasteiger partial charge >= 0.3 is 0 Å². The smallest absolute Gasteiger partial charge is 0.261 e. The third-order valence-electron chi connectivity index (χ3n) is 2.53. The molecular weight excluding hydrogens is 192 g/mol. The van der Waals surface area contributed by atoms with Crippen molar-refractivity contribution in [1.82, 2.24) is 10.3 Å². The summed E-state index contributed by atoms with van der Waals surface area (Å²) in [4.78, 5) is 25.8. The summed E-state index contributed by atoms with van der Waals surface area (Å²) in [5, 5.41) is 2.61. The molecule has 0 radical (unpaired) electrons. The molecule has 4 nitrogen and oxygen atoms in total. The van der Waals surface area contributed by atoms with Crippen molar-refractivity contribution in [3.8, 4) is 0 Å². The molecule has 1 aromatic rings. The number of carbonyl (C=O) groups excluding carboxylic acids is 1. The minimum absolute atomic E-state index is 0.196. The standard InChI is InChI=1S/C11H14N2O2/c1-2-12-10(14)8-5-6-9(7-3-4-7)13-11(8)15/h5-7H,2-4H2,1H3,(H,12,14)(H,13,15). The van der Waals surface area contributed by atoms with Crippen molar-refractivity contribution in [2.45, 2.75) is 25.7 Å². The molecule has 1 saturated carbocycles. The summed E-state index contributed by atoms with van der Waals surface area (Å²) in [6.07, 6.45) is 2.27. The number of aromatic amines is 1. The van der Waals surface area contributed by atoms with Crippen LogP contribution in [0.25, 0.3) is 0 Å². The molecule has 2 N–H and O–H groups in total. The van der Waals surface area contributed by atoms with E-state index >= 15 is 0 Å². The molecular formula is C11H14N2O2. The van der Waals surface area contributed by atoms with Crippen LogP contribution in [0.5, 0.6) is 0 Å². The number of amides is 1. The molecule has 0 saturated heterocycles. The Bertz CT molecular complexity index is 432. The Labute approximate surface area is 87.7 Å². The number of hydrogen-bond acceptors (Lipinski definition) is 2. The van der Waals surface area contributed by atoms with Crippen LogP contribution in [0.3, 0.4) is 0 Å². The fourth-order valence-electron chi connectivity index (χ4n) is 1.56. The van der Waals surface area contributed by atoms with Gasteiger partial charge in [0.05, 0.1) is 0 Å². The van der Waals surface area contributed by atoms with E-state index < -0.39 is 0 Å². The number of hydrogen-bond donors (Lipinski definition) is 2. The van der Waals surface area contributed by atoms with Crippen LogP contribution in [-0.4, -0.2) is 17.4 Å². The fraction of sp³-hybridized carbons (Fsp3) is 0.455. The van der Waals surface area contributed by atoms with Gasteiger partial charge in [0.1, 0.15) is 5.56 Å². The molecule has 0 aliphatic heterocycles. The average Bonchev–Trinajstić information content (AvgIpc) is 3.01. The van der Waals surface area contributed by atoms with Crippen LogP contribution in [0, 0.1) is 0 Å². The molecule has 0 aromatic carbocycles. The zero-order chi connectivity index (χ0) is 10.8. The molecule has 1 aliphatic carbocycles. The molecule has 4 heteroatoms. The van der Waals surface area contributed by atoms with Gasteiger partial charge in [-0.05, 0) is 37.8 Å². The average molecular weight is 206 g/mol. The molecule has 1 heterocycles. The summed E-state index contributed by atoms with van der Waals surface area (Å²) in [7, 11) is 0. The highest BCUT2D eigenvalue weighted by atomic mass is 16.2. The number of rotatable bonds is 3. The lowest BCUT2D eigenvalue weighted by molar-refractivity contribution is 0.0954. The first-order valence-corrected chi connectivity index (χ1v) is 5.23. The van der Waals surface area contributed by atoms with Crippen LogP contribution < -0.4 is 10.9 Å². The number of carbonyl (C=O) groups is 1. The van der Waals surface area contributed by atoms with Crippen molar-refractivity contribution in [1.29, 1.82) is 0 Å². The Morgan fingerprint density at radius 1 is 1.53 bits per heavy atom. The van der Waals surface area contributed by atoms with Gasteiger partial charge < -0.3 is 10.3 Å². The second-order valence-electron chi connectivity index (χ2n) is 3.79. The van der Waals surface area contributed by atoms with Crippen LogP contribution >= 0.6 is 0 Å². The molecule has 0 atom stereocenters.